The van der Waals surface area contributed by atoms with E-state index in [1.165, 1.54) is 6.07 Å². The molecule has 1 heterocycles. The van der Waals surface area contributed by atoms with Crippen LogP contribution in [0.25, 0.3) is 22.5 Å². The predicted octanol–water partition coefficient (Wildman–Crippen LogP) is 2.42. The van der Waals surface area contributed by atoms with E-state index >= 15 is 0 Å². The first kappa shape index (κ1) is 19.7. The van der Waals surface area contributed by atoms with E-state index in [9.17, 15) is 13.2 Å². The lowest BCUT2D eigenvalue weighted by Gasteiger charge is -2.19. The number of carbonyl (C=O) groups is 1. The van der Waals surface area contributed by atoms with E-state index in [4.69, 9.17) is 0 Å². The van der Waals surface area contributed by atoms with Gasteiger partial charge in [-0.15, -0.1) is 10.2 Å². The minimum atomic E-state index is -3.51. The highest BCUT2D eigenvalue weighted by atomic mass is 32.2. The number of aromatic amines is 1. The van der Waals surface area contributed by atoms with Crippen molar-refractivity contribution in [1.82, 2.24) is 25.5 Å². The minimum Gasteiger partial charge on any atom is -0.339 e. The van der Waals surface area contributed by atoms with Crippen LogP contribution in [0.3, 0.4) is 0 Å². The number of aromatic nitrogens is 4. The summed E-state index contributed by atoms with van der Waals surface area (Å²) >= 11 is 0. The van der Waals surface area contributed by atoms with Gasteiger partial charge in [-0.05, 0) is 48.4 Å². The molecule has 0 atom stereocenters. The van der Waals surface area contributed by atoms with Gasteiger partial charge in [0, 0.05) is 30.5 Å². The molecule has 0 saturated heterocycles. The Kier molecular flexibility index (Phi) is 5.55. The first-order chi connectivity index (χ1) is 13.4. The van der Waals surface area contributed by atoms with E-state index in [2.05, 4.69) is 20.6 Å². The first-order valence-corrected chi connectivity index (χ1v) is 10.7. The monoisotopic (exact) mass is 399 g/mol. The van der Waals surface area contributed by atoms with Crippen molar-refractivity contribution in [3.63, 3.8) is 0 Å². The second kappa shape index (κ2) is 7.89. The molecule has 1 N–H and O–H groups in total. The topological polar surface area (TPSA) is 109 Å². The smallest absolute Gasteiger partial charge is 0.253 e. The maximum atomic E-state index is 12.5. The molecule has 2 aromatic carbocycles. The van der Waals surface area contributed by atoms with E-state index in [0.29, 0.717) is 29.8 Å². The quantitative estimate of drug-likeness (QED) is 0.682. The van der Waals surface area contributed by atoms with Crippen molar-refractivity contribution in [2.24, 2.45) is 0 Å². The molecule has 0 aliphatic rings. The summed E-state index contributed by atoms with van der Waals surface area (Å²) in [4.78, 5) is 14.4. The van der Waals surface area contributed by atoms with Gasteiger partial charge in [-0.2, -0.15) is 5.21 Å². The third kappa shape index (κ3) is 3.79. The van der Waals surface area contributed by atoms with Crippen LogP contribution in [0.1, 0.15) is 24.2 Å². The summed E-state index contributed by atoms with van der Waals surface area (Å²) in [5, 5.41) is 13.8. The number of carbonyl (C=O) groups excluding carboxylic acids is 1. The van der Waals surface area contributed by atoms with Gasteiger partial charge >= 0.3 is 0 Å². The van der Waals surface area contributed by atoms with Crippen LogP contribution in [0.15, 0.2) is 47.4 Å². The average molecular weight is 399 g/mol. The van der Waals surface area contributed by atoms with Crippen LogP contribution in [0.5, 0.6) is 0 Å². The molecule has 0 radical (unpaired) electrons. The Morgan fingerprint density at radius 3 is 2.29 bits per heavy atom. The van der Waals surface area contributed by atoms with E-state index in [1.807, 2.05) is 13.8 Å². The van der Waals surface area contributed by atoms with E-state index < -0.39 is 9.84 Å². The molecule has 0 fully saturated rings. The van der Waals surface area contributed by atoms with Crippen molar-refractivity contribution in [3.8, 4) is 22.5 Å². The van der Waals surface area contributed by atoms with Crippen molar-refractivity contribution < 1.29 is 13.2 Å². The summed E-state index contributed by atoms with van der Waals surface area (Å²) in [7, 11) is -3.51. The Hall–Kier alpha value is -3.07. The van der Waals surface area contributed by atoms with E-state index in [1.54, 1.807) is 41.3 Å². The summed E-state index contributed by atoms with van der Waals surface area (Å²) in [5.74, 6) is 0.152. The van der Waals surface area contributed by atoms with Crippen LogP contribution < -0.4 is 0 Å². The molecule has 0 unspecified atom stereocenters. The predicted molar refractivity (Wildman–Crippen MR) is 105 cm³/mol. The Morgan fingerprint density at radius 2 is 1.75 bits per heavy atom. The average Bonchev–Trinajstić information content (AvgIpc) is 3.22. The zero-order valence-corrected chi connectivity index (χ0v) is 16.7. The number of nitrogens with zero attached hydrogens (tertiary/aromatic N) is 4. The highest BCUT2D eigenvalue weighted by Gasteiger charge is 2.22. The minimum absolute atomic E-state index is 0.0418. The third-order valence-corrected chi connectivity index (χ3v) is 5.63. The molecule has 9 heteroatoms. The maximum absolute atomic E-state index is 12.5. The standard InChI is InChI=1S/C19H21N5O3S/c1-4-24(5-2)19(25)14-11-9-13(10-12-14)15-7-6-8-16(28(3,26)27)17(15)18-20-22-23-21-18/h6-12H,4-5H2,1-3H3,(H,20,21,22,23). The van der Waals surface area contributed by atoms with Crippen molar-refractivity contribution in [2.75, 3.05) is 19.3 Å². The van der Waals surface area contributed by atoms with Gasteiger partial charge in [0.15, 0.2) is 9.84 Å². The molecule has 3 rings (SSSR count). The van der Waals surface area contributed by atoms with Crippen LogP contribution in [0.2, 0.25) is 0 Å². The Labute approximate surface area is 163 Å². The van der Waals surface area contributed by atoms with Gasteiger partial charge in [0.05, 0.1) is 4.90 Å². The second-order valence-electron chi connectivity index (χ2n) is 6.24. The lowest BCUT2D eigenvalue weighted by molar-refractivity contribution is 0.0773. The van der Waals surface area contributed by atoms with Crippen molar-refractivity contribution in [1.29, 1.82) is 0 Å². The SMILES string of the molecule is CCN(CC)C(=O)c1ccc(-c2cccc(S(C)(=O)=O)c2-c2nn[nH]n2)cc1. The fourth-order valence-electron chi connectivity index (χ4n) is 3.06. The number of rotatable bonds is 6. The molecule has 0 aliphatic carbocycles. The maximum Gasteiger partial charge on any atom is 0.253 e. The number of sulfone groups is 1. The van der Waals surface area contributed by atoms with Crippen molar-refractivity contribution in [2.45, 2.75) is 18.7 Å². The van der Waals surface area contributed by atoms with E-state index in [0.717, 1.165) is 11.8 Å². The highest BCUT2D eigenvalue weighted by Crippen LogP contribution is 2.35. The number of benzene rings is 2. The second-order valence-corrected chi connectivity index (χ2v) is 8.23. The van der Waals surface area contributed by atoms with Crippen molar-refractivity contribution >= 4 is 15.7 Å². The van der Waals surface area contributed by atoms with Crippen molar-refractivity contribution in [3.05, 3.63) is 48.0 Å². The van der Waals surface area contributed by atoms with Gasteiger partial charge in [-0.3, -0.25) is 4.79 Å². The largest absolute Gasteiger partial charge is 0.339 e. The number of tetrazole rings is 1. The molecule has 0 spiro atoms. The molecule has 28 heavy (non-hydrogen) atoms. The van der Waals surface area contributed by atoms with Gasteiger partial charge < -0.3 is 4.90 Å². The normalized spacial score (nSPS) is 11.4. The molecule has 0 aliphatic heterocycles. The fourth-order valence-corrected chi connectivity index (χ4v) is 3.96. The molecular formula is C19H21N5O3S. The number of amides is 1. The summed E-state index contributed by atoms with van der Waals surface area (Å²) in [6.45, 7) is 5.14. The van der Waals surface area contributed by atoms with Gasteiger partial charge in [-0.1, -0.05) is 24.3 Å². The van der Waals surface area contributed by atoms with Gasteiger partial charge in [0.2, 0.25) is 5.82 Å². The van der Waals surface area contributed by atoms with Crippen LogP contribution >= 0.6 is 0 Å². The molecule has 0 bridgehead atoms. The van der Waals surface area contributed by atoms with E-state index in [-0.39, 0.29) is 16.6 Å². The molecule has 1 amide bonds. The molecule has 146 valence electrons. The van der Waals surface area contributed by atoms with Crippen LogP contribution in [0, 0.1) is 0 Å². The third-order valence-electron chi connectivity index (χ3n) is 4.49. The summed E-state index contributed by atoms with van der Waals surface area (Å²) < 4.78 is 24.6. The van der Waals surface area contributed by atoms with Crippen LogP contribution in [-0.2, 0) is 9.84 Å². The first-order valence-electron chi connectivity index (χ1n) is 8.83. The summed E-state index contributed by atoms with van der Waals surface area (Å²) in [5.41, 5.74) is 2.35. The van der Waals surface area contributed by atoms with Crippen LogP contribution in [0.4, 0.5) is 0 Å². The number of hydrogen-bond donors (Lipinski definition) is 1. The molecule has 3 aromatic rings. The molecule has 8 nitrogen and oxygen atoms in total. The van der Waals surface area contributed by atoms with Gasteiger partial charge in [0.25, 0.3) is 5.91 Å². The molecular weight excluding hydrogens is 378 g/mol. The Bertz CT molecular complexity index is 1070. The Balaban J connectivity index is 2.11. The summed E-state index contributed by atoms with van der Waals surface area (Å²) in [6.07, 6.45) is 1.14. The number of nitrogens with one attached hydrogen (secondary N) is 1. The number of hydrogen-bond acceptors (Lipinski definition) is 6. The lowest BCUT2D eigenvalue weighted by Crippen LogP contribution is -2.30. The van der Waals surface area contributed by atoms with Crippen LogP contribution in [-0.4, -0.2) is 59.2 Å². The fraction of sp³-hybridized carbons (Fsp3) is 0.263. The Morgan fingerprint density at radius 1 is 1.07 bits per heavy atom. The summed E-state index contributed by atoms with van der Waals surface area (Å²) in [6, 6.07) is 12.0. The van der Waals surface area contributed by atoms with Gasteiger partial charge in [0.1, 0.15) is 0 Å². The highest BCUT2D eigenvalue weighted by molar-refractivity contribution is 7.90. The zero-order valence-electron chi connectivity index (χ0n) is 15.9. The molecule has 0 saturated carbocycles. The number of H-pyrrole nitrogens is 1. The molecule has 1 aromatic heterocycles. The van der Waals surface area contributed by atoms with Gasteiger partial charge in [-0.25, -0.2) is 8.42 Å². The zero-order chi connectivity index (χ0) is 20.3. The lowest BCUT2D eigenvalue weighted by atomic mass is 9.98.